The zero-order valence-corrected chi connectivity index (χ0v) is 29.8. The Morgan fingerprint density at radius 2 is 1.35 bits per heavy atom. The molecule has 1 heterocycles. The third-order valence-corrected chi connectivity index (χ3v) is 11.0. The molecule has 0 aliphatic carbocycles. The maximum absolute atomic E-state index is 14.4. The number of hydrogen-bond donors (Lipinski definition) is 3. The smallest absolute Gasteiger partial charge is 0.243 e. The van der Waals surface area contributed by atoms with E-state index < -0.39 is 16.1 Å². The van der Waals surface area contributed by atoms with Crippen LogP contribution in [0.15, 0.2) is 114 Å². The third-order valence-electron chi connectivity index (χ3n) is 9.22. The molecule has 0 spiro atoms. The number of nitrogen functional groups attached to an aromatic ring is 1. The van der Waals surface area contributed by atoms with E-state index in [1.807, 2.05) is 68.4 Å². The van der Waals surface area contributed by atoms with E-state index in [-0.39, 0.29) is 29.9 Å². The van der Waals surface area contributed by atoms with Gasteiger partial charge < -0.3 is 21.1 Å². The summed E-state index contributed by atoms with van der Waals surface area (Å²) in [4.78, 5) is 4.86. The van der Waals surface area contributed by atoms with Crippen LogP contribution in [0.3, 0.4) is 0 Å². The van der Waals surface area contributed by atoms with Crippen LogP contribution >= 0.6 is 0 Å². The molecule has 2 atom stereocenters. The van der Waals surface area contributed by atoms with E-state index in [1.54, 1.807) is 18.2 Å². The van der Waals surface area contributed by atoms with Crippen LogP contribution in [0.5, 0.6) is 0 Å². The summed E-state index contributed by atoms with van der Waals surface area (Å²) in [7, 11) is -3.97. The zero-order valence-electron chi connectivity index (χ0n) is 29.0. The van der Waals surface area contributed by atoms with Gasteiger partial charge >= 0.3 is 0 Å². The second-order valence-corrected chi connectivity index (χ2v) is 15.6. The molecule has 0 saturated carbocycles. The molecule has 1 aliphatic rings. The molecular formula is C40H53N5O3S. The van der Waals surface area contributed by atoms with E-state index in [0.717, 1.165) is 36.3 Å². The molecule has 0 amide bonds. The molecule has 1 fully saturated rings. The van der Waals surface area contributed by atoms with Crippen LogP contribution in [0.25, 0.3) is 0 Å². The average molecular weight is 684 g/mol. The molecular weight excluding hydrogens is 631 g/mol. The lowest BCUT2D eigenvalue weighted by Gasteiger charge is -2.37. The maximum atomic E-state index is 14.4. The molecule has 0 radical (unpaired) electrons. The Kier molecular flexibility index (Phi) is 13.3. The fourth-order valence-corrected chi connectivity index (χ4v) is 8.30. The van der Waals surface area contributed by atoms with Crippen molar-refractivity contribution in [3.05, 3.63) is 126 Å². The van der Waals surface area contributed by atoms with Crippen molar-refractivity contribution in [3.8, 4) is 0 Å². The fraction of sp³-hybridized carbons (Fsp3) is 0.400. The Morgan fingerprint density at radius 1 is 0.796 bits per heavy atom. The van der Waals surface area contributed by atoms with E-state index in [4.69, 9.17) is 5.73 Å². The van der Waals surface area contributed by atoms with Gasteiger partial charge in [-0.15, -0.1) is 0 Å². The van der Waals surface area contributed by atoms with Gasteiger partial charge in [0.2, 0.25) is 10.0 Å². The first-order valence-corrected chi connectivity index (χ1v) is 19.0. The molecule has 9 heteroatoms. The molecule has 8 nitrogen and oxygen atoms in total. The molecule has 262 valence electrons. The fourth-order valence-electron chi connectivity index (χ4n) is 6.65. The Morgan fingerprint density at radius 3 is 1.90 bits per heavy atom. The summed E-state index contributed by atoms with van der Waals surface area (Å²) in [5.74, 6) is 0.0473. The highest BCUT2D eigenvalue weighted by Crippen LogP contribution is 2.27. The SMILES string of the molecule is CC(C)CN(C[C@@H](O)[C@H](Cc1ccccc1)N(Cc1ccccc1)Cc1ccccc1)S(=O)(=O)c1ccc(N)c(NCCN2CCCC2)c1. The second kappa shape index (κ2) is 17.8. The first kappa shape index (κ1) is 36.5. The van der Waals surface area contributed by atoms with Crippen LogP contribution in [0.4, 0.5) is 11.4 Å². The van der Waals surface area contributed by atoms with Crippen molar-refractivity contribution in [2.75, 3.05) is 50.3 Å². The zero-order chi connectivity index (χ0) is 34.6. The molecule has 49 heavy (non-hydrogen) atoms. The van der Waals surface area contributed by atoms with Gasteiger partial charge in [0, 0.05) is 45.3 Å². The Bertz CT molecular complexity index is 1620. The predicted octanol–water partition coefficient (Wildman–Crippen LogP) is 6.10. The summed E-state index contributed by atoms with van der Waals surface area (Å²) in [6, 6.07) is 35.1. The molecule has 0 aromatic heterocycles. The quantitative estimate of drug-likeness (QED) is 0.109. The number of sulfonamides is 1. The van der Waals surface area contributed by atoms with Gasteiger partial charge in [-0.25, -0.2) is 8.42 Å². The number of aliphatic hydroxyl groups excluding tert-OH is 1. The lowest BCUT2D eigenvalue weighted by Crippen LogP contribution is -2.50. The van der Waals surface area contributed by atoms with Gasteiger partial charge in [0.15, 0.2) is 0 Å². The highest BCUT2D eigenvalue weighted by molar-refractivity contribution is 7.89. The summed E-state index contributed by atoms with van der Waals surface area (Å²) in [5.41, 5.74) is 10.8. The topological polar surface area (TPSA) is 102 Å². The molecule has 5 rings (SSSR count). The number of nitrogens with zero attached hydrogens (tertiary/aromatic N) is 3. The van der Waals surface area contributed by atoms with Crippen LogP contribution in [-0.2, 0) is 29.5 Å². The number of hydrogen-bond acceptors (Lipinski definition) is 7. The minimum atomic E-state index is -3.97. The summed E-state index contributed by atoms with van der Waals surface area (Å²) in [6.07, 6.45) is 2.02. The summed E-state index contributed by atoms with van der Waals surface area (Å²) in [6.45, 7) is 9.20. The van der Waals surface area contributed by atoms with E-state index in [9.17, 15) is 13.5 Å². The number of nitrogens with two attached hydrogens (primary N) is 1. The Labute approximate surface area is 293 Å². The van der Waals surface area contributed by atoms with Crippen molar-refractivity contribution >= 4 is 21.4 Å². The van der Waals surface area contributed by atoms with Crippen molar-refractivity contribution in [3.63, 3.8) is 0 Å². The van der Waals surface area contributed by atoms with Gasteiger partial charge in [-0.3, -0.25) is 4.90 Å². The van der Waals surface area contributed by atoms with Crippen LogP contribution in [0, 0.1) is 5.92 Å². The molecule has 1 saturated heterocycles. The van der Waals surface area contributed by atoms with E-state index in [1.165, 1.54) is 17.1 Å². The van der Waals surface area contributed by atoms with Crippen molar-refractivity contribution in [1.82, 2.24) is 14.1 Å². The molecule has 1 aliphatic heterocycles. The first-order chi connectivity index (χ1) is 23.7. The van der Waals surface area contributed by atoms with Crippen LogP contribution < -0.4 is 11.1 Å². The van der Waals surface area contributed by atoms with Crippen LogP contribution in [0.1, 0.15) is 43.4 Å². The van der Waals surface area contributed by atoms with Crippen LogP contribution in [0.2, 0.25) is 0 Å². The monoisotopic (exact) mass is 683 g/mol. The summed E-state index contributed by atoms with van der Waals surface area (Å²) < 4.78 is 30.3. The Balaban J connectivity index is 1.43. The number of nitrogens with one attached hydrogen (secondary N) is 1. The normalized spacial score (nSPS) is 15.2. The lowest BCUT2D eigenvalue weighted by molar-refractivity contribution is 0.0273. The maximum Gasteiger partial charge on any atom is 0.243 e. The van der Waals surface area contributed by atoms with Gasteiger partial charge in [0.1, 0.15) is 0 Å². The lowest BCUT2D eigenvalue weighted by atomic mass is 9.97. The Hall–Kier alpha value is -3.73. The van der Waals surface area contributed by atoms with E-state index in [0.29, 0.717) is 37.4 Å². The number of rotatable bonds is 18. The van der Waals surface area contributed by atoms with Crippen LogP contribution in [-0.4, -0.2) is 79.0 Å². The van der Waals surface area contributed by atoms with Crippen molar-refractivity contribution in [2.24, 2.45) is 5.92 Å². The van der Waals surface area contributed by atoms with E-state index in [2.05, 4.69) is 51.5 Å². The standard InChI is InChI=1S/C40H53N5O3S/c1-32(2)28-45(49(47,48)36-20-21-37(41)38(27-36)42-22-25-43-23-12-13-24-43)31-40(46)39(26-33-14-6-3-7-15-33)44(29-34-16-8-4-9-17-34)30-35-18-10-5-11-19-35/h3-11,14-21,27,32,39-40,42,46H,12-13,22-26,28-31,41H2,1-2H3/t39-,40+/m0/s1. The predicted molar refractivity (Wildman–Crippen MR) is 201 cm³/mol. The molecule has 4 aromatic carbocycles. The molecule has 4 aromatic rings. The summed E-state index contributed by atoms with van der Waals surface area (Å²) >= 11 is 0. The van der Waals surface area contributed by atoms with Crippen molar-refractivity contribution in [2.45, 2.75) is 63.2 Å². The highest BCUT2D eigenvalue weighted by Gasteiger charge is 2.33. The van der Waals surface area contributed by atoms with Gasteiger partial charge in [-0.05, 0) is 73.2 Å². The summed E-state index contributed by atoms with van der Waals surface area (Å²) in [5, 5.41) is 15.6. The van der Waals surface area contributed by atoms with Gasteiger partial charge in [0.25, 0.3) is 0 Å². The average Bonchev–Trinajstić information content (AvgIpc) is 3.62. The molecule has 0 unspecified atom stereocenters. The van der Waals surface area contributed by atoms with Crippen molar-refractivity contribution in [1.29, 1.82) is 0 Å². The number of benzene rings is 4. The first-order valence-electron chi connectivity index (χ1n) is 17.6. The van der Waals surface area contributed by atoms with Gasteiger partial charge in [0.05, 0.1) is 22.4 Å². The van der Waals surface area contributed by atoms with E-state index >= 15 is 0 Å². The van der Waals surface area contributed by atoms with Gasteiger partial charge in [-0.1, -0.05) is 105 Å². The minimum absolute atomic E-state index is 0.0415. The van der Waals surface area contributed by atoms with Crippen molar-refractivity contribution < 1.29 is 13.5 Å². The molecule has 0 bridgehead atoms. The molecule has 4 N–H and O–H groups in total. The number of likely N-dealkylation sites (tertiary alicyclic amines) is 1. The number of aliphatic hydroxyl groups is 1. The number of anilines is 2. The van der Waals surface area contributed by atoms with Gasteiger partial charge in [-0.2, -0.15) is 4.31 Å². The second-order valence-electron chi connectivity index (χ2n) is 13.6. The largest absolute Gasteiger partial charge is 0.397 e. The third kappa shape index (κ3) is 10.6. The minimum Gasteiger partial charge on any atom is -0.397 e. The highest BCUT2D eigenvalue weighted by atomic mass is 32.2.